The molecule has 2 unspecified atom stereocenters. The van der Waals surface area contributed by atoms with Gasteiger partial charge >= 0.3 is 0 Å². The number of hydrogen-bond acceptors (Lipinski definition) is 5. The Hall–Kier alpha value is -1.88. The van der Waals surface area contributed by atoms with Gasteiger partial charge in [-0.1, -0.05) is 18.2 Å². The molecule has 0 saturated carbocycles. The van der Waals surface area contributed by atoms with Crippen molar-refractivity contribution in [2.24, 2.45) is 18.0 Å². The van der Waals surface area contributed by atoms with Gasteiger partial charge in [-0.25, -0.2) is 4.99 Å². The summed E-state index contributed by atoms with van der Waals surface area (Å²) < 4.78 is 8.02. The number of halogens is 1. The Bertz CT molecular complexity index is 888. The molecule has 9 heteroatoms. The van der Waals surface area contributed by atoms with E-state index in [0.29, 0.717) is 18.6 Å². The summed E-state index contributed by atoms with van der Waals surface area (Å²) in [5.41, 5.74) is 1.25. The first-order chi connectivity index (χ1) is 15.6. The molecule has 2 saturated heterocycles. The largest absolute Gasteiger partial charge is 0.378 e. The lowest BCUT2D eigenvalue weighted by molar-refractivity contribution is -0.0559. The van der Waals surface area contributed by atoms with Crippen LogP contribution in [0.5, 0.6) is 0 Å². The van der Waals surface area contributed by atoms with Crippen molar-refractivity contribution in [2.75, 3.05) is 44.7 Å². The number of fused-ring (bicyclic) bond motifs is 1. The molecule has 33 heavy (non-hydrogen) atoms. The number of rotatable bonds is 7. The van der Waals surface area contributed by atoms with Crippen molar-refractivity contribution in [3.05, 3.63) is 42.0 Å². The van der Waals surface area contributed by atoms with Gasteiger partial charge in [0.15, 0.2) is 11.8 Å². The average Bonchev–Trinajstić information content (AvgIpc) is 3.16. The number of anilines is 1. The first kappa shape index (κ1) is 25.7. The fourth-order valence-corrected chi connectivity index (χ4v) is 4.61. The Kier molecular flexibility index (Phi) is 9.78. The van der Waals surface area contributed by atoms with Crippen LogP contribution < -0.4 is 10.2 Å². The first-order valence-electron chi connectivity index (χ1n) is 11.9. The number of aromatic nitrogens is 3. The summed E-state index contributed by atoms with van der Waals surface area (Å²) in [7, 11) is 4.14. The zero-order valence-electron chi connectivity index (χ0n) is 20.1. The maximum atomic E-state index is 6.01. The van der Waals surface area contributed by atoms with Crippen LogP contribution in [0.4, 0.5) is 5.69 Å². The fourth-order valence-electron chi connectivity index (χ4n) is 4.61. The van der Waals surface area contributed by atoms with Gasteiger partial charge in [0, 0.05) is 58.5 Å². The summed E-state index contributed by atoms with van der Waals surface area (Å²) >= 11 is 0. The molecule has 8 nitrogen and oxygen atoms in total. The van der Waals surface area contributed by atoms with Crippen LogP contribution in [0.2, 0.25) is 0 Å². The molecule has 2 atom stereocenters. The summed E-state index contributed by atoms with van der Waals surface area (Å²) in [5.74, 6) is 3.39. The van der Waals surface area contributed by atoms with Crippen molar-refractivity contribution in [3.8, 4) is 0 Å². The van der Waals surface area contributed by atoms with Gasteiger partial charge in [-0.3, -0.25) is 0 Å². The molecule has 2 aromatic rings. The molecule has 0 amide bonds. The minimum Gasteiger partial charge on any atom is -0.378 e. The molecule has 0 radical (unpaired) electrons. The van der Waals surface area contributed by atoms with Crippen molar-refractivity contribution in [1.29, 1.82) is 0 Å². The van der Waals surface area contributed by atoms with Crippen molar-refractivity contribution < 1.29 is 4.74 Å². The number of guanidine groups is 1. The van der Waals surface area contributed by atoms with Crippen LogP contribution in [0.1, 0.15) is 37.3 Å². The van der Waals surface area contributed by atoms with Gasteiger partial charge in [-0.15, -0.1) is 34.2 Å². The van der Waals surface area contributed by atoms with Gasteiger partial charge in [0.1, 0.15) is 12.4 Å². The predicted octanol–water partition coefficient (Wildman–Crippen LogP) is 3.21. The van der Waals surface area contributed by atoms with Gasteiger partial charge in [0.25, 0.3) is 0 Å². The summed E-state index contributed by atoms with van der Waals surface area (Å²) in [5, 5.41) is 12.1. The number of hydrogen-bond donors (Lipinski definition) is 1. The third-order valence-electron chi connectivity index (χ3n) is 6.72. The molecule has 4 rings (SSSR count). The van der Waals surface area contributed by atoms with Gasteiger partial charge in [0.05, 0.1) is 6.10 Å². The molecule has 182 valence electrons. The second kappa shape index (κ2) is 12.5. The number of piperidine rings is 1. The Morgan fingerprint density at radius 1 is 1.24 bits per heavy atom. The summed E-state index contributed by atoms with van der Waals surface area (Å²) in [6.45, 7) is 7.29. The summed E-state index contributed by atoms with van der Waals surface area (Å²) in [6, 6.07) is 10.5. The van der Waals surface area contributed by atoms with Gasteiger partial charge < -0.3 is 24.4 Å². The van der Waals surface area contributed by atoms with Gasteiger partial charge in [-0.2, -0.15) is 0 Å². The third kappa shape index (κ3) is 6.81. The molecule has 1 aromatic carbocycles. The Morgan fingerprint density at radius 2 is 2.06 bits per heavy atom. The van der Waals surface area contributed by atoms with Gasteiger partial charge in [-0.05, 0) is 44.7 Å². The lowest BCUT2D eigenvalue weighted by atomic mass is 9.88. The number of ether oxygens (including phenoxy) is 1. The normalized spacial score (nSPS) is 20.7. The van der Waals surface area contributed by atoms with E-state index in [2.05, 4.69) is 62.7 Å². The van der Waals surface area contributed by atoms with Crippen molar-refractivity contribution in [3.63, 3.8) is 0 Å². The number of para-hydroxylation sites is 1. The lowest BCUT2D eigenvalue weighted by Crippen LogP contribution is -2.52. The van der Waals surface area contributed by atoms with Crippen LogP contribution in [0, 0.1) is 12.8 Å². The highest BCUT2D eigenvalue weighted by atomic mass is 127. The van der Waals surface area contributed by atoms with Crippen LogP contribution in [-0.2, 0) is 18.3 Å². The average molecular weight is 568 g/mol. The predicted molar refractivity (Wildman–Crippen MR) is 143 cm³/mol. The van der Waals surface area contributed by atoms with E-state index in [-0.39, 0.29) is 24.0 Å². The van der Waals surface area contributed by atoms with Crippen LogP contribution in [-0.4, -0.2) is 71.6 Å². The van der Waals surface area contributed by atoms with E-state index in [1.54, 1.807) is 0 Å². The molecule has 3 heterocycles. The maximum Gasteiger partial charge on any atom is 0.194 e. The summed E-state index contributed by atoms with van der Waals surface area (Å²) in [4.78, 5) is 9.67. The number of aryl methyl sites for hydroxylation is 1. The molecule has 2 fully saturated rings. The molecule has 2 aliphatic rings. The highest BCUT2D eigenvalue weighted by Crippen LogP contribution is 2.28. The third-order valence-corrected chi connectivity index (χ3v) is 6.72. The molecular formula is C24H38IN7O. The van der Waals surface area contributed by atoms with Crippen LogP contribution in [0.25, 0.3) is 0 Å². The number of nitrogens with zero attached hydrogens (tertiary/aromatic N) is 6. The van der Waals surface area contributed by atoms with E-state index >= 15 is 0 Å². The quantitative estimate of drug-likeness (QED) is 0.240. The zero-order chi connectivity index (χ0) is 22.3. The van der Waals surface area contributed by atoms with E-state index < -0.39 is 0 Å². The highest BCUT2D eigenvalue weighted by Gasteiger charge is 2.33. The van der Waals surface area contributed by atoms with E-state index in [1.165, 1.54) is 18.5 Å². The molecule has 0 spiro atoms. The SMILES string of the molecule is Cc1nnc(CN=C(NCCCN(C)c2ccccc2)N2CCC3OCCCC3C2)n1C.I. The monoisotopic (exact) mass is 567 g/mol. The number of likely N-dealkylation sites (tertiary alicyclic amines) is 1. The number of nitrogens with one attached hydrogen (secondary N) is 1. The number of benzene rings is 1. The topological polar surface area (TPSA) is 70.8 Å². The first-order valence-corrected chi connectivity index (χ1v) is 11.9. The second-order valence-electron chi connectivity index (χ2n) is 8.95. The molecule has 1 N–H and O–H groups in total. The minimum atomic E-state index is 0. The second-order valence-corrected chi connectivity index (χ2v) is 8.95. The molecular weight excluding hydrogens is 529 g/mol. The fraction of sp³-hybridized carbons (Fsp3) is 0.625. The highest BCUT2D eigenvalue weighted by molar-refractivity contribution is 14.0. The molecule has 2 aliphatic heterocycles. The van der Waals surface area contributed by atoms with Crippen molar-refractivity contribution in [2.45, 2.75) is 45.3 Å². The molecule has 0 bridgehead atoms. The lowest BCUT2D eigenvalue weighted by Gasteiger charge is -2.42. The minimum absolute atomic E-state index is 0. The Morgan fingerprint density at radius 3 is 2.82 bits per heavy atom. The summed E-state index contributed by atoms with van der Waals surface area (Å²) in [6.07, 6.45) is 4.95. The van der Waals surface area contributed by atoms with E-state index in [9.17, 15) is 0 Å². The standard InChI is InChI=1S/C24H37N7O.HI/c1-19-27-28-23(30(19)3)17-26-24(31-15-12-22-20(18-31)9-7-16-32-22)25-13-8-14-29(2)21-10-5-4-6-11-21;/h4-6,10-11,20,22H,7-9,12-18H2,1-3H3,(H,25,26);1H. The molecule has 1 aromatic heterocycles. The van der Waals surface area contributed by atoms with E-state index in [4.69, 9.17) is 9.73 Å². The zero-order valence-corrected chi connectivity index (χ0v) is 22.4. The van der Waals surface area contributed by atoms with Crippen molar-refractivity contribution in [1.82, 2.24) is 25.0 Å². The van der Waals surface area contributed by atoms with Crippen LogP contribution in [0.3, 0.4) is 0 Å². The van der Waals surface area contributed by atoms with Crippen LogP contribution in [0.15, 0.2) is 35.3 Å². The van der Waals surface area contributed by atoms with Gasteiger partial charge in [0.2, 0.25) is 0 Å². The smallest absolute Gasteiger partial charge is 0.194 e. The van der Waals surface area contributed by atoms with E-state index in [0.717, 1.165) is 63.2 Å². The Labute approximate surface area is 214 Å². The van der Waals surface area contributed by atoms with Crippen LogP contribution >= 0.6 is 24.0 Å². The Balaban J connectivity index is 0.00000306. The maximum absolute atomic E-state index is 6.01. The van der Waals surface area contributed by atoms with E-state index in [1.807, 2.05) is 18.5 Å². The number of aliphatic imine (C=N–C) groups is 1. The molecule has 0 aliphatic carbocycles. The van der Waals surface area contributed by atoms with Crippen molar-refractivity contribution >= 4 is 35.6 Å².